The maximum atomic E-state index is 13.3. The van der Waals surface area contributed by atoms with Crippen molar-refractivity contribution in [2.75, 3.05) is 24.2 Å². The van der Waals surface area contributed by atoms with Crippen LogP contribution in [0.25, 0.3) is 0 Å². The van der Waals surface area contributed by atoms with Crippen molar-refractivity contribution < 1.29 is 4.39 Å². The van der Waals surface area contributed by atoms with Gasteiger partial charge < -0.3 is 10.6 Å². The summed E-state index contributed by atoms with van der Waals surface area (Å²) >= 11 is 1.75. The van der Waals surface area contributed by atoms with Crippen molar-refractivity contribution in [1.82, 2.24) is 0 Å². The van der Waals surface area contributed by atoms with Gasteiger partial charge in [0.05, 0.1) is 11.4 Å². The molecule has 0 atom stereocenters. The molecule has 0 unspecified atom stereocenters. The summed E-state index contributed by atoms with van der Waals surface area (Å²) in [6, 6.07) is 7.37. The Kier molecular flexibility index (Phi) is 3.87. The topological polar surface area (TPSA) is 29.3 Å². The predicted octanol–water partition coefficient (Wildman–Crippen LogP) is 3.46. The third-order valence-corrected chi connectivity index (χ3v) is 3.93. The summed E-state index contributed by atoms with van der Waals surface area (Å²) in [6.45, 7) is 2.63. The van der Waals surface area contributed by atoms with Crippen LogP contribution in [0.1, 0.15) is 10.4 Å². The zero-order valence-electron chi connectivity index (χ0n) is 10.6. The van der Waals surface area contributed by atoms with E-state index < -0.39 is 0 Å². The number of anilines is 2. The summed E-state index contributed by atoms with van der Waals surface area (Å²) in [6.07, 6.45) is 0.976. The second-order valence-electron chi connectivity index (χ2n) is 4.41. The van der Waals surface area contributed by atoms with Gasteiger partial charge in [-0.1, -0.05) is 6.07 Å². The highest BCUT2D eigenvalue weighted by Crippen LogP contribution is 2.26. The molecule has 0 bridgehead atoms. The molecule has 2 nitrogen and oxygen atoms in total. The van der Waals surface area contributed by atoms with E-state index in [1.165, 1.54) is 10.9 Å². The molecule has 0 spiro atoms. The Morgan fingerprint density at radius 2 is 2.17 bits per heavy atom. The van der Waals surface area contributed by atoms with Crippen LogP contribution < -0.4 is 10.6 Å². The summed E-state index contributed by atoms with van der Waals surface area (Å²) in [5.74, 6) is -0.247. The van der Waals surface area contributed by atoms with Gasteiger partial charge in [0.25, 0.3) is 0 Å². The van der Waals surface area contributed by atoms with Gasteiger partial charge in [0.15, 0.2) is 0 Å². The molecule has 0 radical (unpaired) electrons. The lowest BCUT2D eigenvalue weighted by molar-refractivity contribution is 0.619. The normalized spacial score (nSPS) is 10.6. The van der Waals surface area contributed by atoms with Gasteiger partial charge in [-0.2, -0.15) is 0 Å². The standard InChI is InChI=1S/C14H17FN2S/c1-10-8-14(13(16)9-12(10)15)17(2)6-5-11-4-3-7-18-11/h3-4,7-9H,5-6,16H2,1-2H3. The third-order valence-electron chi connectivity index (χ3n) is 2.99. The first-order valence-electron chi connectivity index (χ1n) is 5.87. The molecule has 0 fully saturated rings. The number of hydrogen-bond donors (Lipinski definition) is 1. The predicted molar refractivity (Wildman–Crippen MR) is 76.8 cm³/mol. The highest BCUT2D eigenvalue weighted by Gasteiger charge is 2.09. The molecule has 96 valence electrons. The van der Waals surface area contributed by atoms with E-state index in [2.05, 4.69) is 22.4 Å². The highest BCUT2D eigenvalue weighted by molar-refractivity contribution is 7.09. The summed E-state index contributed by atoms with van der Waals surface area (Å²) < 4.78 is 13.3. The lowest BCUT2D eigenvalue weighted by Crippen LogP contribution is -2.21. The molecular weight excluding hydrogens is 247 g/mol. The fourth-order valence-electron chi connectivity index (χ4n) is 1.87. The molecule has 4 heteroatoms. The van der Waals surface area contributed by atoms with Gasteiger partial charge in [0, 0.05) is 18.5 Å². The second kappa shape index (κ2) is 5.40. The Hall–Kier alpha value is -1.55. The highest BCUT2D eigenvalue weighted by atomic mass is 32.1. The first-order chi connectivity index (χ1) is 8.58. The number of nitrogens with two attached hydrogens (primary N) is 1. The van der Waals surface area contributed by atoms with Crippen LogP contribution in [0.15, 0.2) is 29.6 Å². The number of rotatable bonds is 4. The minimum atomic E-state index is -0.247. The summed E-state index contributed by atoms with van der Waals surface area (Å²) in [7, 11) is 1.98. The zero-order valence-corrected chi connectivity index (χ0v) is 11.4. The van der Waals surface area contributed by atoms with Crippen LogP contribution in [-0.4, -0.2) is 13.6 Å². The number of nitrogen functional groups attached to an aromatic ring is 1. The number of likely N-dealkylation sites (N-methyl/N-ethyl adjacent to an activating group) is 1. The number of thiophene rings is 1. The van der Waals surface area contributed by atoms with E-state index in [1.807, 2.05) is 7.05 Å². The number of halogens is 1. The van der Waals surface area contributed by atoms with E-state index >= 15 is 0 Å². The van der Waals surface area contributed by atoms with Gasteiger partial charge in [0.1, 0.15) is 5.82 Å². The van der Waals surface area contributed by atoms with Crippen molar-refractivity contribution in [2.45, 2.75) is 13.3 Å². The SMILES string of the molecule is Cc1cc(N(C)CCc2cccs2)c(N)cc1F. The zero-order chi connectivity index (χ0) is 13.1. The average Bonchev–Trinajstić information content (AvgIpc) is 2.84. The average molecular weight is 264 g/mol. The molecular formula is C14H17FN2S. The molecule has 0 aliphatic carbocycles. The van der Waals surface area contributed by atoms with E-state index in [4.69, 9.17) is 5.73 Å². The van der Waals surface area contributed by atoms with Crippen molar-refractivity contribution in [3.63, 3.8) is 0 Å². The van der Waals surface area contributed by atoms with Crippen molar-refractivity contribution in [3.8, 4) is 0 Å². The van der Waals surface area contributed by atoms with Gasteiger partial charge in [-0.15, -0.1) is 11.3 Å². The summed E-state index contributed by atoms with van der Waals surface area (Å²) in [4.78, 5) is 3.42. The fraction of sp³-hybridized carbons (Fsp3) is 0.286. The van der Waals surface area contributed by atoms with Crippen molar-refractivity contribution >= 4 is 22.7 Å². The van der Waals surface area contributed by atoms with E-state index in [9.17, 15) is 4.39 Å². The first-order valence-corrected chi connectivity index (χ1v) is 6.75. The first kappa shape index (κ1) is 12.9. The number of benzene rings is 1. The van der Waals surface area contributed by atoms with Crippen LogP contribution in [0.5, 0.6) is 0 Å². The summed E-state index contributed by atoms with van der Waals surface area (Å²) in [5, 5.41) is 2.08. The molecule has 0 saturated heterocycles. The van der Waals surface area contributed by atoms with Crippen LogP contribution in [-0.2, 0) is 6.42 Å². The molecule has 1 aromatic carbocycles. The van der Waals surface area contributed by atoms with E-state index in [0.717, 1.165) is 18.7 Å². The molecule has 1 heterocycles. The van der Waals surface area contributed by atoms with Gasteiger partial charge in [-0.25, -0.2) is 4.39 Å². The second-order valence-corrected chi connectivity index (χ2v) is 5.44. The molecule has 0 aliphatic rings. The van der Waals surface area contributed by atoms with E-state index in [0.29, 0.717) is 11.3 Å². The maximum absolute atomic E-state index is 13.3. The Balaban J connectivity index is 2.09. The van der Waals surface area contributed by atoms with Crippen molar-refractivity contribution in [1.29, 1.82) is 0 Å². The molecule has 0 saturated carbocycles. The van der Waals surface area contributed by atoms with Crippen LogP contribution >= 0.6 is 11.3 Å². The maximum Gasteiger partial charge on any atom is 0.128 e. The minimum Gasteiger partial charge on any atom is -0.397 e. The molecule has 1 aromatic heterocycles. The van der Waals surface area contributed by atoms with Crippen molar-refractivity contribution in [2.24, 2.45) is 0 Å². The van der Waals surface area contributed by atoms with Gasteiger partial charge in [-0.3, -0.25) is 0 Å². The van der Waals surface area contributed by atoms with Crippen LogP contribution in [0.4, 0.5) is 15.8 Å². The van der Waals surface area contributed by atoms with Crippen LogP contribution in [0.3, 0.4) is 0 Å². The van der Waals surface area contributed by atoms with Gasteiger partial charge in [0.2, 0.25) is 0 Å². The lowest BCUT2D eigenvalue weighted by Gasteiger charge is -2.21. The third kappa shape index (κ3) is 2.82. The Bertz CT molecular complexity index is 523. The molecule has 0 amide bonds. The number of aryl methyl sites for hydroxylation is 1. The fourth-order valence-corrected chi connectivity index (χ4v) is 2.56. The largest absolute Gasteiger partial charge is 0.397 e. The smallest absolute Gasteiger partial charge is 0.128 e. The Morgan fingerprint density at radius 1 is 1.39 bits per heavy atom. The van der Waals surface area contributed by atoms with E-state index in [-0.39, 0.29) is 5.82 Å². The van der Waals surface area contributed by atoms with Crippen LogP contribution in [0.2, 0.25) is 0 Å². The monoisotopic (exact) mass is 264 g/mol. The minimum absolute atomic E-state index is 0.247. The summed E-state index contributed by atoms with van der Waals surface area (Å²) in [5.41, 5.74) is 7.87. The number of hydrogen-bond acceptors (Lipinski definition) is 3. The van der Waals surface area contributed by atoms with E-state index in [1.54, 1.807) is 24.3 Å². The molecule has 18 heavy (non-hydrogen) atoms. The quantitative estimate of drug-likeness (QED) is 0.857. The molecule has 2 rings (SSSR count). The molecule has 2 N–H and O–H groups in total. The van der Waals surface area contributed by atoms with Gasteiger partial charge >= 0.3 is 0 Å². The van der Waals surface area contributed by atoms with Gasteiger partial charge in [-0.05, 0) is 42.5 Å². The molecule has 2 aromatic rings. The Morgan fingerprint density at radius 3 is 2.83 bits per heavy atom. The Labute approximate surface area is 111 Å². The molecule has 0 aliphatic heterocycles. The lowest BCUT2D eigenvalue weighted by atomic mass is 10.1. The van der Waals surface area contributed by atoms with Crippen molar-refractivity contribution in [3.05, 3.63) is 45.9 Å². The van der Waals surface area contributed by atoms with Crippen LogP contribution in [0, 0.1) is 12.7 Å². The number of nitrogens with zero attached hydrogens (tertiary/aromatic N) is 1.